The number of anilines is 1. The molecule has 35 heavy (non-hydrogen) atoms. The molecule has 0 aliphatic carbocycles. The number of amides is 3. The van der Waals surface area contributed by atoms with E-state index in [0.29, 0.717) is 34.5 Å². The molecule has 0 unspecified atom stereocenters. The number of hydrogen-bond acceptors (Lipinski definition) is 6. The lowest BCUT2D eigenvalue weighted by Crippen LogP contribution is -2.40. The van der Waals surface area contributed by atoms with Crippen LogP contribution in [0, 0.1) is 5.92 Å². The third-order valence-electron chi connectivity index (χ3n) is 5.65. The van der Waals surface area contributed by atoms with E-state index in [1.165, 1.54) is 35.5 Å². The van der Waals surface area contributed by atoms with Crippen LogP contribution in [0.4, 0.5) is 5.13 Å². The number of benzene rings is 1. The summed E-state index contributed by atoms with van der Waals surface area (Å²) in [5.74, 6) is -0.550. The van der Waals surface area contributed by atoms with Crippen molar-refractivity contribution in [2.75, 3.05) is 44.6 Å². The molecule has 1 saturated heterocycles. The molecule has 1 aliphatic rings. The molecular formula is C25H34ClN5O3S. The molecule has 0 bridgehead atoms. The van der Waals surface area contributed by atoms with Crippen LogP contribution in [0.2, 0.25) is 5.02 Å². The van der Waals surface area contributed by atoms with Gasteiger partial charge in [-0.1, -0.05) is 44.0 Å². The topological polar surface area (TPSA) is 94.6 Å². The largest absolute Gasteiger partial charge is 0.354 e. The summed E-state index contributed by atoms with van der Waals surface area (Å²) in [4.78, 5) is 46.2. The van der Waals surface area contributed by atoms with Gasteiger partial charge in [-0.3, -0.25) is 14.4 Å². The van der Waals surface area contributed by atoms with Crippen LogP contribution in [0.15, 0.2) is 29.6 Å². The Bertz CT molecular complexity index is 1010. The van der Waals surface area contributed by atoms with E-state index in [0.717, 1.165) is 19.6 Å². The highest BCUT2D eigenvalue weighted by atomic mass is 35.5. The van der Waals surface area contributed by atoms with E-state index < -0.39 is 0 Å². The molecule has 3 amide bonds. The highest BCUT2D eigenvalue weighted by Crippen LogP contribution is 2.19. The summed E-state index contributed by atoms with van der Waals surface area (Å²) in [5, 5.41) is 8.22. The molecule has 0 atom stereocenters. The Hall–Kier alpha value is -2.49. The molecule has 2 heterocycles. The van der Waals surface area contributed by atoms with Crippen molar-refractivity contribution in [3.63, 3.8) is 0 Å². The Morgan fingerprint density at radius 2 is 1.89 bits per heavy atom. The summed E-state index contributed by atoms with van der Waals surface area (Å²) >= 11 is 7.45. The monoisotopic (exact) mass is 519 g/mol. The first kappa shape index (κ1) is 27.1. The van der Waals surface area contributed by atoms with E-state index >= 15 is 0 Å². The number of thiazole rings is 1. The van der Waals surface area contributed by atoms with Gasteiger partial charge in [0.2, 0.25) is 11.8 Å². The van der Waals surface area contributed by atoms with E-state index in [1.807, 2.05) is 13.8 Å². The Morgan fingerprint density at radius 1 is 1.14 bits per heavy atom. The lowest BCUT2D eigenvalue weighted by Gasteiger charge is -2.26. The van der Waals surface area contributed by atoms with Crippen molar-refractivity contribution in [2.24, 2.45) is 5.92 Å². The molecule has 2 N–H and O–H groups in total. The smallest absolute Gasteiger partial charge is 0.255 e. The van der Waals surface area contributed by atoms with Crippen molar-refractivity contribution in [2.45, 2.75) is 39.5 Å². The number of aromatic nitrogens is 1. The fourth-order valence-electron chi connectivity index (χ4n) is 4.01. The first-order chi connectivity index (χ1) is 16.8. The number of likely N-dealkylation sites (tertiary alicyclic amines) is 1. The van der Waals surface area contributed by atoms with Gasteiger partial charge in [-0.2, -0.15) is 0 Å². The average molecular weight is 520 g/mol. The van der Waals surface area contributed by atoms with Gasteiger partial charge in [0.05, 0.1) is 22.7 Å². The van der Waals surface area contributed by atoms with Crippen molar-refractivity contribution < 1.29 is 14.4 Å². The van der Waals surface area contributed by atoms with E-state index in [-0.39, 0.29) is 36.6 Å². The van der Waals surface area contributed by atoms with E-state index in [2.05, 4.69) is 20.5 Å². The van der Waals surface area contributed by atoms with Crippen molar-refractivity contribution in [3.05, 3.63) is 45.9 Å². The fourth-order valence-corrected chi connectivity index (χ4v) is 4.95. The zero-order chi connectivity index (χ0) is 25.2. The minimum absolute atomic E-state index is 0.0846. The van der Waals surface area contributed by atoms with Crippen LogP contribution in [0.25, 0.3) is 0 Å². The molecule has 10 heteroatoms. The second-order valence-corrected chi connectivity index (χ2v) is 10.4. The molecule has 190 valence electrons. The van der Waals surface area contributed by atoms with E-state index in [1.54, 1.807) is 29.6 Å². The number of carbonyl (C=O) groups excluding carboxylic acids is 3. The quantitative estimate of drug-likeness (QED) is 0.472. The van der Waals surface area contributed by atoms with Gasteiger partial charge in [-0.05, 0) is 44.0 Å². The van der Waals surface area contributed by atoms with Crippen LogP contribution in [0.3, 0.4) is 0 Å². The van der Waals surface area contributed by atoms with E-state index in [9.17, 15) is 14.4 Å². The Balaban J connectivity index is 1.48. The second-order valence-electron chi connectivity index (χ2n) is 9.18. The van der Waals surface area contributed by atoms with E-state index in [4.69, 9.17) is 11.6 Å². The number of rotatable bonds is 11. The van der Waals surface area contributed by atoms with Gasteiger partial charge in [0.1, 0.15) is 6.54 Å². The molecule has 0 saturated carbocycles. The minimum Gasteiger partial charge on any atom is -0.354 e. The zero-order valence-electron chi connectivity index (χ0n) is 20.4. The normalized spacial score (nSPS) is 14.1. The molecule has 8 nitrogen and oxygen atoms in total. The Kier molecular flexibility index (Phi) is 10.5. The molecule has 0 radical (unpaired) electrons. The second kappa shape index (κ2) is 13.6. The Morgan fingerprint density at radius 3 is 2.60 bits per heavy atom. The van der Waals surface area contributed by atoms with Crippen molar-refractivity contribution in [3.8, 4) is 0 Å². The molecule has 2 aromatic rings. The summed E-state index contributed by atoms with van der Waals surface area (Å²) in [6.45, 7) is 7.95. The van der Waals surface area contributed by atoms with Gasteiger partial charge in [-0.15, -0.1) is 11.3 Å². The molecule has 1 aromatic heterocycles. The maximum Gasteiger partial charge on any atom is 0.255 e. The standard InChI is InChI=1S/C25H34ClN5O3S/c1-18(2)15-31(24(34)20-8-4-5-9-21(20)26)16-23(33)29-25-28-19(17-35-25)14-22(32)27-10-13-30-11-6-3-7-12-30/h4-5,8-9,17-18H,3,6-7,10-16H2,1-2H3,(H,27,32)(H,28,29,33). The molecule has 3 rings (SSSR count). The highest BCUT2D eigenvalue weighted by Gasteiger charge is 2.22. The first-order valence-corrected chi connectivity index (χ1v) is 13.3. The molecule has 1 aliphatic heterocycles. The maximum absolute atomic E-state index is 13.0. The van der Waals surface area contributed by atoms with Crippen LogP contribution >= 0.6 is 22.9 Å². The van der Waals surface area contributed by atoms with Crippen LogP contribution in [-0.4, -0.2) is 71.8 Å². The summed E-state index contributed by atoms with van der Waals surface area (Å²) in [6, 6.07) is 6.81. The lowest BCUT2D eigenvalue weighted by atomic mass is 10.1. The Labute approximate surface area is 216 Å². The van der Waals surface area contributed by atoms with Gasteiger partial charge in [0.25, 0.3) is 5.91 Å². The van der Waals surface area contributed by atoms with Crippen molar-refractivity contribution >= 4 is 45.8 Å². The number of nitrogens with zero attached hydrogens (tertiary/aromatic N) is 3. The minimum atomic E-state index is -0.349. The molecule has 1 fully saturated rings. The third kappa shape index (κ3) is 8.91. The van der Waals surface area contributed by atoms with Crippen molar-refractivity contribution in [1.29, 1.82) is 0 Å². The van der Waals surface area contributed by atoms with Crippen LogP contribution in [0.5, 0.6) is 0 Å². The van der Waals surface area contributed by atoms with Crippen LogP contribution in [-0.2, 0) is 16.0 Å². The number of hydrogen-bond donors (Lipinski definition) is 2. The summed E-state index contributed by atoms with van der Waals surface area (Å²) in [7, 11) is 0. The summed E-state index contributed by atoms with van der Waals surface area (Å²) < 4.78 is 0. The number of nitrogens with one attached hydrogen (secondary N) is 2. The first-order valence-electron chi connectivity index (χ1n) is 12.1. The fraction of sp³-hybridized carbons (Fsp3) is 0.520. The van der Waals surface area contributed by atoms with Gasteiger partial charge >= 0.3 is 0 Å². The number of carbonyl (C=O) groups is 3. The van der Waals surface area contributed by atoms with Gasteiger partial charge in [0, 0.05) is 25.0 Å². The third-order valence-corrected chi connectivity index (χ3v) is 6.79. The predicted molar refractivity (Wildman–Crippen MR) is 140 cm³/mol. The van der Waals surface area contributed by atoms with Gasteiger partial charge in [0.15, 0.2) is 5.13 Å². The molecular weight excluding hydrogens is 486 g/mol. The van der Waals surface area contributed by atoms with Crippen LogP contribution < -0.4 is 10.6 Å². The SMILES string of the molecule is CC(C)CN(CC(=O)Nc1nc(CC(=O)NCCN2CCCCC2)cs1)C(=O)c1ccccc1Cl. The lowest BCUT2D eigenvalue weighted by molar-refractivity contribution is -0.120. The number of halogens is 1. The van der Waals surface area contributed by atoms with Crippen LogP contribution in [0.1, 0.15) is 49.2 Å². The number of piperidine rings is 1. The van der Waals surface area contributed by atoms with Crippen molar-refractivity contribution in [1.82, 2.24) is 20.1 Å². The average Bonchev–Trinajstić information content (AvgIpc) is 3.25. The molecule has 1 aromatic carbocycles. The highest BCUT2D eigenvalue weighted by molar-refractivity contribution is 7.13. The maximum atomic E-state index is 13.0. The molecule has 0 spiro atoms. The van der Waals surface area contributed by atoms with Gasteiger partial charge in [-0.25, -0.2) is 4.98 Å². The summed E-state index contributed by atoms with van der Waals surface area (Å²) in [5.41, 5.74) is 0.970. The predicted octanol–water partition coefficient (Wildman–Crippen LogP) is 3.68. The summed E-state index contributed by atoms with van der Waals surface area (Å²) in [6.07, 6.45) is 3.91. The van der Waals surface area contributed by atoms with Gasteiger partial charge < -0.3 is 20.4 Å². The zero-order valence-corrected chi connectivity index (χ0v) is 22.0.